The van der Waals surface area contributed by atoms with Crippen LogP contribution in [0.15, 0.2) is 84.9 Å². The molecule has 2 amide bonds. The van der Waals surface area contributed by atoms with Crippen LogP contribution in [-0.2, 0) is 14.4 Å². The van der Waals surface area contributed by atoms with Crippen molar-refractivity contribution >= 4 is 40.0 Å². The third-order valence-electron chi connectivity index (χ3n) is 6.87. The Morgan fingerprint density at radius 3 is 2.43 bits per heavy atom. The number of aromatic nitrogens is 3. The molecule has 1 aliphatic rings. The number of ether oxygens (including phenoxy) is 3. The molecule has 0 spiro atoms. The number of carbonyl (C=O) groups excluding carboxylic acids is 3. The van der Waals surface area contributed by atoms with Gasteiger partial charge in [0.1, 0.15) is 29.3 Å². The SMILES string of the molecule is C=C1/C=C(/C(=O)Nc2ccc(Oc3ncnc4cc(OC)c(OC)cc34)cn2)C(=O)N(c2ccc(F)cc2)CCCCC1=O. The standard InChI is InChI=1S/C32H28FN5O6/c1-19-14-24(32(41)38(13-5-4-6-26(19)39)21-9-7-20(33)8-10-21)30(40)37-29-12-11-22(17-34-29)44-31-23-15-27(42-2)28(43-3)16-25(23)35-18-36-31/h7-12,14-18H,1,4-6,13H2,2-3H3,(H,34,37,40)/b24-14-. The van der Waals surface area contributed by atoms with Crippen LogP contribution in [0.25, 0.3) is 10.9 Å². The molecule has 2 aromatic heterocycles. The summed E-state index contributed by atoms with van der Waals surface area (Å²) >= 11 is 0. The van der Waals surface area contributed by atoms with Gasteiger partial charge in [-0.15, -0.1) is 0 Å². The van der Waals surface area contributed by atoms with Gasteiger partial charge >= 0.3 is 0 Å². The molecule has 2 aromatic carbocycles. The highest BCUT2D eigenvalue weighted by molar-refractivity contribution is 6.27. The molecule has 0 radical (unpaired) electrons. The number of amides is 2. The van der Waals surface area contributed by atoms with E-state index in [9.17, 15) is 18.8 Å². The van der Waals surface area contributed by atoms with E-state index in [4.69, 9.17) is 14.2 Å². The third-order valence-corrected chi connectivity index (χ3v) is 6.87. The Morgan fingerprint density at radius 1 is 0.977 bits per heavy atom. The number of ketones is 1. The maximum Gasteiger partial charge on any atom is 0.263 e. The van der Waals surface area contributed by atoms with Crippen molar-refractivity contribution in [3.05, 3.63) is 90.7 Å². The molecule has 5 rings (SSSR count). The van der Waals surface area contributed by atoms with Gasteiger partial charge in [0.25, 0.3) is 11.8 Å². The Labute approximate surface area is 252 Å². The number of fused-ring (bicyclic) bond motifs is 1. The van der Waals surface area contributed by atoms with Crippen LogP contribution < -0.4 is 24.4 Å². The second-order valence-corrected chi connectivity index (χ2v) is 9.74. The first-order valence-electron chi connectivity index (χ1n) is 13.6. The Bertz CT molecular complexity index is 1770. The highest BCUT2D eigenvalue weighted by atomic mass is 19.1. The number of hydrogen-bond acceptors (Lipinski definition) is 9. The average Bonchev–Trinajstić information content (AvgIpc) is 3.03. The molecular weight excluding hydrogens is 569 g/mol. The fourth-order valence-corrected chi connectivity index (χ4v) is 4.56. The van der Waals surface area contributed by atoms with E-state index in [1.165, 1.54) is 68.1 Å². The van der Waals surface area contributed by atoms with Gasteiger partial charge in [-0.05, 0) is 61.4 Å². The number of carbonyl (C=O) groups is 3. The van der Waals surface area contributed by atoms with Gasteiger partial charge in [0.15, 0.2) is 17.3 Å². The van der Waals surface area contributed by atoms with Gasteiger partial charge in [-0.25, -0.2) is 19.3 Å². The van der Waals surface area contributed by atoms with Crippen LogP contribution in [0.3, 0.4) is 0 Å². The lowest BCUT2D eigenvalue weighted by atomic mass is 10.0. The Hall–Kier alpha value is -5.65. The number of halogens is 1. The van der Waals surface area contributed by atoms with Crippen LogP contribution in [0.1, 0.15) is 19.3 Å². The van der Waals surface area contributed by atoms with Crippen molar-refractivity contribution in [1.29, 1.82) is 0 Å². The number of methoxy groups -OCH3 is 2. The normalized spacial score (nSPS) is 15.4. The molecule has 224 valence electrons. The predicted octanol–water partition coefficient (Wildman–Crippen LogP) is 5.18. The van der Waals surface area contributed by atoms with E-state index in [-0.39, 0.29) is 41.6 Å². The zero-order valence-electron chi connectivity index (χ0n) is 24.0. The monoisotopic (exact) mass is 597 g/mol. The molecule has 0 unspecified atom stereocenters. The van der Waals surface area contributed by atoms with E-state index < -0.39 is 17.6 Å². The lowest BCUT2D eigenvalue weighted by Gasteiger charge is -2.25. The number of allylic oxidation sites excluding steroid dienone is 2. The van der Waals surface area contributed by atoms with Crippen LogP contribution in [0.2, 0.25) is 0 Å². The van der Waals surface area contributed by atoms with Crippen molar-refractivity contribution in [2.45, 2.75) is 19.3 Å². The lowest BCUT2D eigenvalue weighted by molar-refractivity contribution is -0.119. The van der Waals surface area contributed by atoms with E-state index in [1.807, 2.05) is 0 Å². The zero-order valence-corrected chi connectivity index (χ0v) is 24.0. The molecule has 44 heavy (non-hydrogen) atoms. The van der Waals surface area contributed by atoms with Gasteiger partial charge in [0.05, 0.1) is 31.3 Å². The molecule has 0 fully saturated rings. The van der Waals surface area contributed by atoms with E-state index in [0.29, 0.717) is 46.7 Å². The van der Waals surface area contributed by atoms with Crippen molar-refractivity contribution in [3.63, 3.8) is 0 Å². The third kappa shape index (κ3) is 6.54. The van der Waals surface area contributed by atoms with Crippen molar-refractivity contribution in [3.8, 4) is 23.1 Å². The summed E-state index contributed by atoms with van der Waals surface area (Å²) in [6.45, 7) is 3.99. The molecule has 0 saturated carbocycles. The van der Waals surface area contributed by atoms with Gasteiger partial charge in [0.2, 0.25) is 5.88 Å². The van der Waals surface area contributed by atoms with Crippen molar-refractivity contribution in [2.75, 3.05) is 31.0 Å². The van der Waals surface area contributed by atoms with Crippen LogP contribution in [-0.4, -0.2) is 53.3 Å². The number of anilines is 2. The maximum atomic E-state index is 13.7. The molecule has 3 heterocycles. The Balaban J connectivity index is 1.38. The minimum absolute atomic E-state index is 0.0347. The number of benzene rings is 2. The topological polar surface area (TPSA) is 133 Å². The summed E-state index contributed by atoms with van der Waals surface area (Å²) in [5.74, 6) is -0.506. The van der Waals surface area contributed by atoms with Crippen molar-refractivity contribution in [1.82, 2.24) is 15.0 Å². The summed E-state index contributed by atoms with van der Waals surface area (Å²) in [5, 5.41) is 3.17. The molecule has 0 aliphatic carbocycles. The highest BCUT2D eigenvalue weighted by Crippen LogP contribution is 2.35. The van der Waals surface area contributed by atoms with Gasteiger partial charge in [0, 0.05) is 30.3 Å². The van der Waals surface area contributed by atoms with E-state index in [0.717, 1.165) is 0 Å². The number of pyridine rings is 1. The largest absolute Gasteiger partial charge is 0.493 e. The average molecular weight is 598 g/mol. The van der Waals surface area contributed by atoms with E-state index in [2.05, 4.69) is 26.8 Å². The summed E-state index contributed by atoms with van der Waals surface area (Å²) < 4.78 is 30.2. The highest BCUT2D eigenvalue weighted by Gasteiger charge is 2.27. The first kappa shape index (κ1) is 29.8. The first-order valence-corrected chi connectivity index (χ1v) is 13.6. The zero-order chi connectivity index (χ0) is 31.2. The summed E-state index contributed by atoms with van der Waals surface area (Å²) in [5.41, 5.74) is 0.712. The maximum absolute atomic E-state index is 13.7. The second kappa shape index (κ2) is 13.1. The molecule has 4 aromatic rings. The van der Waals surface area contributed by atoms with Crippen LogP contribution >= 0.6 is 0 Å². The molecule has 1 aliphatic heterocycles. The first-order chi connectivity index (χ1) is 21.3. The quantitative estimate of drug-likeness (QED) is 0.226. The minimum Gasteiger partial charge on any atom is -0.493 e. The lowest BCUT2D eigenvalue weighted by Crippen LogP contribution is -2.37. The number of Topliss-reactive ketones (excluding diaryl/α,β-unsaturated/α-hetero) is 1. The Kier molecular flexibility index (Phi) is 8.89. The smallest absolute Gasteiger partial charge is 0.263 e. The van der Waals surface area contributed by atoms with E-state index >= 15 is 0 Å². The molecule has 0 atom stereocenters. The van der Waals surface area contributed by atoms with Gasteiger partial charge in [-0.3, -0.25) is 14.4 Å². The Morgan fingerprint density at radius 2 is 1.73 bits per heavy atom. The predicted molar refractivity (Wildman–Crippen MR) is 160 cm³/mol. The molecule has 0 bridgehead atoms. The van der Waals surface area contributed by atoms with Gasteiger partial charge < -0.3 is 24.4 Å². The van der Waals surface area contributed by atoms with E-state index in [1.54, 1.807) is 18.2 Å². The van der Waals surface area contributed by atoms with Crippen LogP contribution in [0, 0.1) is 5.82 Å². The summed E-state index contributed by atoms with van der Waals surface area (Å²) in [4.78, 5) is 53.7. The van der Waals surface area contributed by atoms with Crippen molar-refractivity contribution < 1.29 is 33.0 Å². The molecule has 12 heteroatoms. The summed E-state index contributed by atoms with van der Waals surface area (Å²) in [6, 6.07) is 11.8. The van der Waals surface area contributed by atoms with Crippen LogP contribution in [0.4, 0.5) is 15.9 Å². The second-order valence-electron chi connectivity index (χ2n) is 9.74. The fraction of sp³-hybridized carbons (Fsp3) is 0.188. The molecular formula is C32H28FN5O6. The summed E-state index contributed by atoms with van der Waals surface area (Å²) in [7, 11) is 3.04. The number of rotatable bonds is 7. The number of hydrogen-bond donors (Lipinski definition) is 1. The number of nitrogens with zero attached hydrogens (tertiary/aromatic N) is 4. The van der Waals surface area contributed by atoms with Crippen molar-refractivity contribution in [2.24, 2.45) is 0 Å². The van der Waals surface area contributed by atoms with Crippen LogP contribution in [0.5, 0.6) is 23.1 Å². The molecule has 1 N–H and O–H groups in total. The minimum atomic E-state index is -0.791. The molecule has 11 nitrogen and oxygen atoms in total. The van der Waals surface area contributed by atoms with Gasteiger partial charge in [-0.2, -0.15) is 0 Å². The summed E-state index contributed by atoms with van der Waals surface area (Å²) in [6.07, 6.45) is 5.17. The molecule has 0 saturated heterocycles. The van der Waals surface area contributed by atoms with Gasteiger partial charge in [-0.1, -0.05) is 6.58 Å². The number of nitrogens with one attached hydrogen (secondary N) is 1. The fourth-order valence-electron chi connectivity index (χ4n) is 4.56.